The lowest BCUT2D eigenvalue weighted by molar-refractivity contribution is 1.21. The van der Waals surface area contributed by atoms with Gasteiger partial charge in [0.25, 0.3) is 0 Å². The average Bonchev–Trinajstić information content (AvgIpc) is 2.36. The highest BCUT2D eigenvalue weighted by atomic mass is 127. The first kappa shape index (κ1) is 14.4. The van der Waals surface area contributed by atoms with Gasteiger partial charge in [-0.15, -0.1) is 0 Å². The first-order valence-corrected chi connectivity index (χ1v) is 7.49. The quantitative estimate of drug-likeness (QED) is 0.486. The molecule has 100 valence electrons. The highest BCUT2D eigenvalue weighted by Gasteiger charge is 2.15. The predicted molar refractivity (Wildman–Crippen MR) is 92.7 cm³/mol. The van der Waals surface area contributed by atoms with Crippen LogP contribution in [-0.2, 0) is 0 Å². The molecule has 2 heteroatoms. The first-order chi connectivity index (χ1) is 8.93. The van der Waals surface area contributed by atoms with Gasteiger partial charge in [0.2, 0.25) is 0 Å². The molecular formula is C17H20IN. The monoisotopic (exact) mass is 365 g/mol. The minimum Gasteiger partial charge on any atom is -0.282 e. The third-order valence-electron chi connectivity index (χ3n) is 3.84. The van der Waals surface area contributed by atoms with Crippen LogP contribution in [0.1, 0.15) is 27.8 Å². The zero-order valence-electron chi connectivity index (χ0n) is 12.2. The molecule has 0 N–H and O–H groups in total. The molecule has 0 aliphatic rings. The summed E-state index contributed by atoms with van der Waals surface area (Å²) in [6.45, 7) is 11.0. The molecule has 0 aliphatic heterocycles. The number of halogens is 1. The van der Waals surface area contributed by atoms with E-state index in [2.05, 4.69) is 90.9 Å². The van der Waals surface area contributed by atoms with Gasteiger partial charge in [0.1, 0.15) is 0 Å². The molecule has 0 spiro atoms. The second-order valence-corrected chi connectivity index (χ2v) is 6.14. The summed E-state index contributed by atoms with van der Waals surface area (Å²) < 4.78 is 2.28. The molecule has 2 aromatic carbocycles. The van der Waals surface area contributed by atoms with Crippen molar-refractivity contribution in [3.63, 3.8) is 0 Å². The number of hydrogen-bond donors (Lipinski definition) is 0. The van der Waals surface area contributed by atoms with Crippen molar-refractivity contribution in [2.45, 2.75) is 34.6 Å². The molecule has 0 saturated heterocycles. The zero-order chi connectivity index (χ0) is 14.2. The van der Waals surface area contributed by atoms with Gasteiger partial charge in [-0.05, 0) is 68.5 Å². The lowest BCUT2D eigenvalue weighted by Gasteiger charge is -2.25. The number of para-hydroxylation sites is 1. The van der Waals surface area contributed by atoms with E-state index >= 15 is 0 Å². The first-order valence-electron chi connectivity index (χ1n) is 6.52. The van der Waals surface area contributed by atoms with Gasteiger partial charge in [0, 0.05) is 0 Å². The lowest BCUT2D eigenvalue weighted by atomic mass is 9.98. The summed E-state index contributed by atoms with van der Waals surface area (Å²) >= 11 is 2.41. The molecule has 0 bridgehead atoms. The summed E-state index contributed by atoms with van der Waals surface area (Å²) in [5, 5.41) is 0. The molecule has 0 amide bonds. The number of nitrogens with zero attached hydrogens (tertiary/aromatic N) is 1. The van der Waals surface area contributed by atoms with Crippen LogP contribution in [0.5, 0.6) is 0 Å². The van der Waals surface area contributed by atoms with E-state index in [1.807, 2.05) is 0 Å². The van der Waals surface area contributed by atoms with Gasteiger partial charge in [0.15, 0.2) is 0 Å². The highest BCUT2D eigenvalue weighted by molar-refractivity contribution is 14.1. The van der Waals surface area contributed by atoms with Crippen molar-refractivity contribution in [1.29, 1.82) is 0 Å². The minimum atomic E-state index is 1.26. The normalized spacial score (nSPS) is 10.6. The van der Waals surface area contributed by atoms with Gasteiger partial charge in [-0.25, -0.2) is 0 Å². The Morgan fingerprint density at radius 1 is 0.789 bits per heavy atom. The molecule has 19 heavy (non-hydrogen) atoms. The Kier molecular flexibility index (Phi) is 4.19. The lowest BCUT2D eigenvalue weighted by Crippen LogP contribution is -2.08. The third-order valence-corrected chi connectivity index (χ3v) is 4.84. The van der Waals surface area contributed by atoms with E-state index in [-0.39, 0.29) is 0 Å². The Morgan fingerprint density at radius 2 is 1.42 bits per heavy atom. The van der Waals surface area contributed by atoms with Crippen LogP contribution in [0.3, 0.4) is 0 Å². The van der Waals surface area contributed by atoms with Crippen LogP contribution in [0.4, 0.5) is 11.4 Å². The second-order valence-electron chi connectivity index (χ2n) is 5.18. The zero-order valence-corrected chi connectivity index (χ0v) is 14.4. The maximum absolute atomic E-state index is 2.41. The summed E-state index contributed by atoms with van der Waals surface area (Å²) in [6.07, 6.45) is 0. The summed E-state index contributed by atoms with van der Waals surface area (Å²) in [6, 6.07) is 10.8. The SMILES string of the molecule is Cc1ccccc1N(I)c1c(C)cc(C)c(C)c1C. The minimum absolute atomic E-state index is 1.26. The fourth-order valence-electron chi connectivity index (χ4n) is 2.48. The molecular weight excluding hydrogens is 345 g/mol. The van der Waals surface area contributed by atoms with Crippen molar-refractivity contribution >= 4 is 34.2 Å². The fraction of sp³-hybridized carbons (Fsp3) is 0.294. The van der Waals surface area contributed by atoms with Crippen molar-refractivity contribution in [3.05, 3.63) is 58.1 Å². The van der Waals surface area contributed by atoms with E-state index < -0.39 is 0 Å². The molecule has 1 nitrogen and oxygen atoms in total. The predicted octanol–water partition coefficient (Wildman–Crippen LogP) is 5.72. The summed E-state index contributed by atoms with van der Waals surface area (Å²) in [7, 11) is 0. The smallest absolute Gasteiger partial charge is 0.0646 e. The van der Waals surface area contributed by atoms with Crippen molar-refractivity contribution in [1.82, 2.24) is 0 Å². The van der Waals surface area contributed by atoms with Gasteiger partial charge in [-0.1, -0.05) is 24.3 Å². The average molecular weight is 365 g/mol. The van der Waals surface area contributed by atoms with Gasteiger partial charge in [0.05, 0.1) is 34.2 Å². The largest absolute Gasteiger partial charge is 0.282 e. The van der Waals surface area contributed by atoms with E-state index in [1.54, 1.807) is 0 Å². The molecule has 2 rings (SSSR count). The van der Waals surface area contributed by atoms with Gasteiger partial charge in [-0.3, -0.25) is 3.11 Å². The number of rotatable bonds is 2. The van der Waals surface area contributed by atoms with E-state index in [9.17, 15) is 0 Å². The van der Waals surface area contributed by atoms with Crippen molar-refractivity contribution < 1.29 is 0 Å². The molecule has 2 aromatic rings. The van der Waals surface area contributed by atoms with Crippen LogP contribution in [0.15, 0.2) is 30.3 Å². The van der Waals surface area contributed by atoms with Crippen LogP contribution in [-0.4, -0.2) is 0 Å². The molecule has 0 radical (unpaired) electrons. The standard InChI is InChI=1S/C17H20IN/c1-11-8-6-7-9-16(11)19(18)17-13(3)10-12(2)14(4)15(17)5/h6-10H,1-5H3. The van der Waals surface area contributed by atoms with Gasteiger partial charge < -0.3 is 0 Å². The molecule has 0 aromatic heterocycles. The summed E-state index contributed by atoms with van der Waals surface area (Å²) in [5.74, 6) is 0. The Labute approximate surface area is 130 Å². The number of hydrogen-bond acceptors (Lipinski definition) is 1. The maximum atomic E-state index is 2.41. The van der Waals surface area contributed by atoms with Crippen LogP contribution in [0, 0.1) is 34.6 Å². The Morgan fingerprint density at radius 3 is 2.05 bits per heavy atom. The number of aryl methyl sites for hydroxylation is 3. The van der Waals surface area contributed by atoms with Gasteiger partial charge in [-0.2, -0.15) is 0 Å². The number of anilines is 2. The van der Waals surface area contributed by atoms with Crippen molar-refractivity contribution in [2.75, 3.05) is 3.11 Å². The van der Waals surface area contributed by atoms with E-state index in [0.29, 0.717) is 0 Å². The van der Waals surface area contributed by atoms with E-state index in [0.717, 1.165) is 0 Å². The topological polar surface area (TPSA) is 3.24 Å². The summed E-state index contributed by atoms with van der Waals surface area (Å²) in [5.41, 5.74) is 9.34. The molecule has 0 heterocycles. The second kappa shape index (κ2) is 5.53. The van der Waals surface area contributed by atoms with Crippen LogP contribution < -0.4 is 3.11 Å². The van der Waals surface area contributed by atoms with E-state index in [1.165, 1.54) is 39.2 Å². The Hall–Kier alpha value is -1.03. The van der Waals surface area contributed by atoms with Crippen LogP contribution in [0.25, 0.3) is 0 Å². The van der Waals surface area contributed by atoms with Crippen LogP contribution >= 0.6 is 22.9 Å². The maximum Gasteiger partial charge on any atom is 0.0646 e. The third kappa shape index (κ3) is 2.64. The van der Waals surface area contributed by atoms with Crippen molar-refractivity contribution in [3.8, 4) is 0 Å². The molecule has 0 atom stereocenters. The molecule has 0 fully saturated rings. The van der Waals surface area contributed by atoms with Crippen LogP contribution in [0.2, 0.25) is 0 Å². The Bertz CT molecular complexity index is 617. The molecule has 0 unspecified atom stereocenters. The fourth-order valence-corrected chi connectivity index (χ4v) is 3.76. The molecule has 0 saturated carbocycles. The van der Waals surface area contributed by atoms with Crippen molar-refractivity contribution in [2.24, 2.45) is 0 Å². The molecule has 0 aliphatic carbocycles. The summed E-state index contributed by atoms with van der Waals surface area (Å²) in [4.78, 5) is 0. The van der Waals surface area contributed by atoms with E-state index in [4.69, 9.17) is 0 Å². The highest BCUT2D eigenvalue weighted by Crippen LogP contribution is 2.38. The van der Waals surface area contributed by atoms with Gasteiger partial charge >= 0.3 is 0 Å². The Balaban J connectivity index is 2.60. The number of benzene rings is 2.